The van der Waals surface area contributed by atoms with Crippen molar-refractivity contribution in [3.05, 3.63) is 28.2 Å². The number of carbonyl (C=O) groups is 1. The van der Waals surface area contributed by atoms with E-state index in [1.54, 1.807) is 0 Å². The quantitative estimate of drug-likeness (QED) is 0.879. The maximum Gasteiger partial charge on any atom is 0.232 e. The molecule has 2 nitrogen and oxygen atoms in total. The van der Waals surface area contributed by atoms with Crippen molar-refractivity contribution < 1.29 is 4.79 Å². The van der Waals surface area contributed by atoms with Crippen LogP contribution in [0.5, 0.6) is 0 Å². The van der Waals surface area contributed by atoms with Crippen molar-refractivity contribution in [2.45, 2.75) is 31.6 Å². The fourth-order valence-electron chi connectivity index (χ4n) is 2.59. The number of amides is 1. The number of carbonyl (C=O) groups excluding carboxylic acids is 1. The van der Waals surface area contributed by atoms with E-state index in [4.69, 9.17) is 0 Å². The zero-order valence-electron chi connectivity index (χ0n) is 9.00. The molecule has 1 unspecified atom stereocenters. The maximum atomic E-state index is 11.9. The van der Waals surface area contributed by atoms with E-state index in [1.807, 2.05) is 12.1 Å². The van der Waals surface area contributed by atoms with Crippen LogP contribution in [-0.2, 0) is 4.79 Å². The molecule has 1 N–H and O–H groups in total. The monoisotopic (exact) mass is 279 g/mol. The average molecular weight is 280 g/mol. The molecule has 1 fully saturated rings. The van der Waals surface area contributed by atoms with Crippen molar-refractivity contribution in [1.82, 2.24) is 0 Å². The summed E-state index contributed by atoms with van der Waals surface area (Å²) in [7, 11) is 0. The first kappa shape index (κ1) is 10.3. The van der Waals surface area contributed by atoms with Gasteiger partial charge >= 0.3 is 0 Å². The highest BCUT2D eigenvalue weighted by atomic mass is 79.9. The van der Waals surface area contributed by atoms with Crippen LogP contribution >= 0.6 is 15.9 Å². The third kappa shape index (κ3) is 1.67. The standard InChI is InChI=1S/C13H14BrNO/c14-9-4-5-12-10(7-9)11(13(16)15-12)6-8-2-1-3-8/h4-5,7-8,11H,1-3,6H2,(H,15,16). The van der Waals surface area contributed by atoms with Gasteiger partial charge in [0.2, 0.25) is 5.91 Å². The second-order valence-corrected chi connectivity index (χ2v) is 5.72. The molecule has 3 rings (SSSR count). The van der Waals surface area contributed by atoms with Crippen LogP contribution in [0.3, 0.4) is 0 Å². The van der Waals surface area contributed by atoms with Crippen LogP contribution in [0.25, 0.3) is 0 Å². The van der Waals surface area contributed by atoms with Gasteiger partial charge < -0.3 is 5.32 Å². The van der Waals surface area contributed by atoms with Gasteiger partial charge in [0.25, 0.3) is 0 Å². The first-order valence-corrected chi connectivity index (χ1v) is 6.63. The molecule has 1 saturated carbocycles. The lowest BCUT2D eigenvalue weighted by Gasteiger charge is -2.27. The van der Waals surface area contributed by atoms with Crippen LogP contribution < -0.4 is 5.32 Å². The summed E-state index contributed by atoms with van der Waals surface area (Å²) in [6, 6.07) is 6.04. The lowest BCUT2D eigenvalue weighted by molar-refractivity contribution is -0.117. The number of nitrogens with one attached hydrogen (secondary N) is 1. The van der Waals surface area contributed by atoms with E-state index in [9.17, 15) is 4.79 Å². The molecule has 2 aliphatic rings. The van der Waals surface area contributed by atoms with Gasteiger partial charge in [-0.15, -0.1) is 0 Å². The number of hydrogen-bond acceptors (Lipinski definition) is 1. The largest absolute Gasteiger partial charge is 0.325 e. The van der Waals surface area contributed by atoms with Crippen LogP contribution in [0.15, 0.2) is 22.7 Å². The van der Waals surface area contributed by atoms with Gasteiger partial charge in [0.05, 0.1) is 5.92 Å². The van der Waals surface area contributed by atoms with E-state index >= 15 is 0 Å². The third-order valence-electron chi connectivity index (χ3n) is 3.76. The minimum Gasteiger partial charge on any atom is -0.325 e. The van der Waals surface area contributed by atoms with E-state index < -0.39 is 0 Å². The van der Waals surface area contributed by atoms with E-state index in [0.29, 0.717) is 0 Å². The highest BCUT2D eigenvalue weighted by Crippen LogP contribution is 2.42. The van der Waals surface area contributed by atoms with Crippen LogP contribution in [0.1, 0.15) is 37.2 Å². The number of anilines is 1. The smallest absolute Gasteiger partial charge is 0.232 e. The lowest BCUT2D eigenvalue weighted by atomic mass is 9.77. The molecule has 0 radical (unpaired) electrons. The van der Waals surface area contributed by atoms with Crippen LogP contribution in [0.2, 0.25) is 0 Å². The van der Waals surface area contributed by atoms with Gasteiger partial charge in [-0.25, -0.2) is 0 Å². The van der Waals surface area contributed by atoms with Gasteiger partial charge in [-0.1, -0.05) is 35.2 Å². The van der Waals surface area contributed by atoms with Gasteiger partial charge in [0, 0.05) is 10.2 Å². The molecule has 1 aromatic rings. The zero-order chi connectivity index (χ0) is 11.1. The lowest BCUT2D eigenvalue weighted by Crippen LogP contribution is -2.19. The summed E-state index contributed by atoms with van der Waals surface area (Å²) in [5.74, 6) is 1.03. The molecular formula is C13H14BrNO. The Hall–Kier alpha value is -0.830. The molecule has 0 spiro atoms. The molecule has 1 aliphatic carbocycles. The molecular weight excluding hydrogens is 266 g/mol. The Bertz CT molecular complexity index is 440. The first-order valence-electron chi connectivity index (χ1n) is 5.84. The molecule has 16 heavy (non-hydrogen) atoms. The van der Waals surface area contributed by atoms with E-state index in [-0.39, 0.29) is 11.8 Å². The highest BCUT2D eigenvalue weighted by Gasteiger charge is 2.33. The van der Waals surface area contributed by atoms with Crippen molar-refractivity contribution in [3.8, 4) is 0 Å². The number of rotatable bonds is 2. The van der Waals surface area contributed by atoms with Gasteiger partial charge in [0.1, 0.15) is 0 Å². The fourth-order valence-corrected chi connectivity index (χ4v) is 2.97. The van der Waals surface area contributed by atoms with Gasteiger partial charge in [-0.05, 0) is 36.1 Å². The minimum atomic E-state index is 0.0813. The van der Waals surface area contributed by atoms with Gasteiger partial charge in [0.15, 0.2) is 0 Å². The summed E-state index contributed by atoms with van der Waals surface area (Å²) in [6.45, 7) is 0. The number of hydrogen-bond donors (Lipinski definition) is 1. The summed E-state index contributed by atoms with van der Waals surface area (Å²) in [5.41, 5.74) is 2.17. The molecule has 1 aromatic carbocycles. The molecule has 84 valence electrons. The maximum absolute atomic E-state index is 11.9. The Morgan fingerprint density at radius 3 is 2.88 bits per heavy atom. The van der Waals surface area contributed by atoms with Crippen molar-refractivity contribution in [1.29, 1.82) is 0 Å². The summed E-state index contributed by atoms with van der Waals surface area (Å²) in [6.07, 6.45) is 4.96. The topological polar surface area (TPSA) is 29.1 Å². The molecule has 0 bridgehead atoms. The van der Waals surface area contributed by atoms with Crippen LogP contribution in [0, 0.1) is 5.92 Å². The molecule has 1 heterocycles. The molecule has 1 aliphatic heterocycles. The zero-order valence-corrected chi connectivity index (χ0v) is 10.6. The van der Waals surface area contributed by atoms with Crippen molar-refractivity contribution in [2.24, 2.45) is 5.92 Å². The SMILES string of the molecule is O=C1Nc2ccc(Br)cc2C1CC1CCC1. The molecule has 1 atom stereocenters. The van der Waals surface area contributed by atoms with Crippen LogP contribution in [0.4, 0.5) is 5.69 Å². The average Bonchev–Trinajstić information content (AvgIpc) is 2.48. The van der Waals surface area contributed by atoms with Crippen molar-refractivity contribution >= 4 is 27.5 Å². The van der Waals surface area contributed by atoms with Crippen molar-refractivity contribution in [3.63, 3.8) is 0 Å². The van der Waals surface area contributed by atoms with Crippen LogP contribution in [-0.4, -0.2) is 5.91 Å². The summed E-state index contributed by atoms with van der Waals surface area (Å²) >= 11 is 3.47. The van der Waals surface area contributed by atoms with Gasteiger partial charge in [-0.2, -0.15) is 0 Å². The first-order chi connectivity index (χ1) is 7.74. The van der Waals surface area contributed by atoms with E-state index in [2.05, 4.69) is 27.3 Å². The number of benzene rings is 1. The Labute approximate surface area is 104 Å². The van der Waals surface area contributed by atoms with E-state index in [0.717, 1.165) is 22.5 Å². The summed E-state index contributed by atoms with van der Waals surface area (Å²) in [5, 5.41) is 2.97. The molecule has 0 aromatic heterocycles. The van der Waals surface area contributed by atoms with Gasteiger partial charge in [-0.3, -0.25) is 4.79 Å². The highest BCUT2D eigenvalue weighted by molar-refractivity contribution is 9.10. The normalized spacial score (nSPS) is 23.8. The molecule has 1 amide bonds. The summed E-state index contributed by atoms with van der Waals surface area (Å²) in [4.78, 5) is 11.9. The van der Waals surface area contributed by atoms with Crippen molar-refractivity contribution in [2.75, 3.05) is 5.32 Å². The predicted octanol–water partition coefficient (Wildman–Crippen LogP) is 3.68. The fraction of sp³-hybridized carbons (Fsp3) is 0.462. The molecule has 3 heteroatoms. The second-order valence-electron chi connectivity index (χ2n) is 4.81. The summed E-state index contributed by atoms with van der Waals surface area (Å²) < 4.78 is 1.06. The number of halogens is 1. The Kier molecular flexibility index (Phi) is 2.51. The Morgan fingerprint density at radius 1 is 1.38 bits per heavy atom. The van der Waals surface area contributed by atoms with E-state index in [1.165, 1.54) is 24.8 Å². The Balaban J connectivity index is 1.88. The second kappa shape index (κ2) is 3.88. The number of fused-ring (bicyclic) bond motifs is 1. The Morgan fingerprint density at radius 2 is 2.19 bits per heavy atom. The predicted molar refractivity (Wildman–Crippen MR) is 67.5 cm³/mol. The molecule has 0 saturated heterocycles. The minimum absolute atomic E-state index is 0.0813. The third-order valence-corrected chi connectivity index (χ3v) is 4.25.